The number of rotatable bonds is 11. The Morgan fingerprint density at radius 1 is 1.24 bits per heavy atom. The lowest BCUT2D eigenvalue weighted by atomic mass is 9.86. The van der Waals surface area contributed by atoms with Gasteiger partial charge in [-0.25, -0.2) is 4.99 Å². The highest BCUT2D eigenvalue weighted by molar-refractivity contribution is 5.89. The molecule has 2 aliphatic carbocycles. The van der Waals surface area contributed by atoms with E-state index in [2.05, 4.69) is 23.8 Å². The van der Waals surface area contributed by atoms with Crippen LogP contribution in [0.2, 0.25) is 0 Å². The summed E-state index contributed by atoms with van der Waals surface area (Å²) in [6, 6.07) is 1.81. The van der Waals surface area contributed by atoms with Gasteiger partial charge in [-0.15, -0.1) is 0 Å². The number of unbranched alkanes of at least 4 members (excludes halogenated alkanes) is 1. The van der Waals surface area contributed by atoms with Crippen molar-refractivity contribution in [1.29, 1.82) is 0 Å². The number of phenols is 1. The zero-order valence-corrected chi connectivity index (χ0v) is 22.4. The Kier molecular flexibility index (Phi) is 11.3. The van der Waals surface area contributed by atoms with Gasteiger partial charge in [-0.3, -0.25) is 4.79 Å². The van der Waals surface area contributed by atoms with Crippen LogP contribution in [-0.4, -0.2) is 42.7 Å². The molecule has 0 unspecified atom stereocenters. The number of phenolic OH excluding ortho intramolecular Hbond substituents is 1. The highest BCUT2D eigenvalue weighted by atomic mass is 16.5. The molecule has 0 saturated heterocycles. The van der Waals surface area contributed by atoms with Crippen molar-refractivity contribution in [1.82, 2.24) is 0 Å². The zero-order chi connectivity index (χ0) is 26.6. The normalized spacial score (nSPS) is 20.2. The zero-order valence-electron chi connectivity index (χ0n) is 22.4. The number of ether oxygens (including phenoxy) is 2. The average Bonchev–Trinajstić information content (AvgIpc) is 3.37. The molecule has 0 bridgehead atoms. The first-order valence-electron chi connectivity index (χ1n) is 13.7. The van der Waals surface area contributed by atoms with Crippen molar-refractivity contribution in [3.05, 3.63) is 34.9 Å². The first-order chi connectivity index (χ1) is 17.9. The van der Waals surface area contributed by atoms with Gasteiger partial charge in [0.2, 0.25) is 0 Å². The number of aryl methyl sites for hydroxylation is 1. The van der Waals surface area contributed by atoms with Gasteiger partial charge in [0.15, 0.2) is 23.2 Å². The lowest BCUT2D eigenvalue weighted by Gasteiger charge is -2.24. The quantitative estimate of drug-likeness (QED) is 0.174. The van der Waals surface area contributed by atoms with E-state index in [4.69, 9.17) is 20.9 Å². The summed E-state index contributed by atoms with van der Waals surface area (Å²) in [5.74, 6) is 7.54. The third-order valence-corrected chi connectivity index (χ3v) is 7.13. The molecule has 7 nitrogen and oxygen atoms in total. The molecule has 0 spiro atoms. The summed E-state index contributed by atoms with van der Waals surface area (Å²) in [5.41, 5.74) is 13.8. The van der Waals surface area contributed by atoms with Crippen LogP contribution in [-0.2, 0) is 22.4 Å². The monoisotopic (exact) mass is 509 g/mol. The Morgan fingerprint density at radius 2 is 2.03 bits per heavy atom. The highest BCUT2D eigenvalue weighted by Gasteiger charge is 2.25. The fraction of sp³-hybridized carbons (Fsp3) is 0.600. The van der Waals surface area contributed by atoms with Gasteiger partial charge >= 0.3 is 0 Å². The molecule has 1 saturated carbocycles. The van der Waals surface area contributed by atoms with E-state index in [1.165, 1.54) is 0 Å². The maximum Gasteiger partial charge on any atom is 0.186 e. The molecule has 1 aromatic rings. The minimum Gasteiger partial charge on any atom is -0.504 e. The first-order valence-corrected chi connectivity index (χ1v) is 13.7. The van der Waals surface area contributed by atoms with Gasteiger partial charge in [0.25, 0.3) is 0 Å². The molecular formula is C30H43N3O4. The van der Waals surface area contributed by atoms with Gasteiger partial charge < -0.3 is 26.0 Å². The standard InChI is InChI=1S/C30H43N3O4/c1-3-4-5-10-24(34)17-15-22-19-28(37-25-11-6-7-12-25)29(35)27-18-21(20-36-2)14-16-23(33-30(31)32)9-8-13-26(22)27/h5,10,19,21,23,25,35H,3-4,6-7,9,11-12,14-18,20H2,1-2H3,(H4,31,32,33)/t21-,23-/m0/s1. The van der Waals surface area contributed by atoms with Crippen LogP contribution in [0.3, 0.4) is 0 Å². The summed E-state index contributed by atoms with van der Waals surface area (Å²) in [5, 5.41) is 11.4. The van der Waals surface area contributed by atoms with E-state index >= 15 is 0 Å². The fourth-order valence-corrected chi connectivity index (χ4v) is 5.19. The molecular weight excluding hydrogens is 466 g/mol. The number of aromatic hydroxyl groups is 1. The first kappa shape index (κ1) is 28.6. The maximum absolute atomic E-state index is 12.5. The Balaban J connectivity index is 2.02. The summed E-state index contributed by atoms with van der Waals surface area (Å²) in [6.07, 6.45) is 13.5. The number of benzene rings is 1. The van der Waals surface area contributed by atoms with Crippen molar-refractivity contribution in [3.8, 4) is 23.3 Å². The van der Waals surface area contributed by atoms with Crippen LogP contribution in [0.25, 0.3) is 0 Å². The number of allylic oxidation sites excluding steroid dienone is 2. The van der Waals surface area contributed by atoms with E-state index in [0.29, 0.717) is 38.0 Å². The molecule has 37 heavy (non-hydrogen) atoms. The van der Waals surface area contributed by atoms with Crippen LogP contribution >= 0.6 is 0 Å². The van der Waals surface area contributed by atoms with Gasteiger partial charge in [0.05, 0.1) is 12.1 Å². The summed E-state index contributed by atoms with van der Waals surface area (Å²) < 4.78 is 11.8. The molecule has 7 heteroatoms. The molecule has 0 amide bonds. The van der Waals surface area contributed by atoms with E-state index in [9.17, 15) is 9.90 Å². The van der Waals surface area contributed by atoms with Crippen LogP contribution < -0.4 is 16.2 Å². The van der Waals surface area contributed by atoms with Crippen LogP contribution in [0, 0.1) is 17.8 Å². The number of nitrogens with two attached hydrogens (primary N) is 2. The third kappa shape index (κ3) is 8.82. The Labute approximate surface area is 221 Å². The Bertz CT molecular complexity index is 1030. The summed E-state index contributed by atoms with van der Waals surface area (Å²) in [7, 11) is 1.69. The molecule has 5 N–H and O–H groups in total. The topological polar surface area (TPSA) is 120 Å². The van der Waals surface area contributed by atoms with Crippen molar-refractivity contribution in [2.45, 2.75) is 96.1 Å². The van der Waals surface area contributed by atoms with Gasteiger partial charge in [0.1, 0.15) is 0 Å². The number of ketones is 1. The second-order valence-corrected chi connectivity index (χ2v) is 10.2. The lowest BCUT2D eigenvalue weighted by molar-refractivity contribution is -0.114. The van der Waals surface area contributed by atoms with Crippen molar-refractivity contribution >= 4 is 11.7 Å². The molecule has 0 aromatic heterocycles. The minimum atomic E-state index is -0.0919. The van der Waals surface area contributed by atoms with Gasteiger partial charge in [-0.05, 0) is 81.4 Å². The summed E-state index contributed by atoms with van der Waals surface area (Å²) in [6.45, 7) is 2.64. The molecule has 1 fully saturated rings. The molecule has 3 rings (SSSR count). The predicted molar refractivity (Wildman–Crippen MR) is 148 cm³/mol. The third-order valence-electron chi connectivity index (χ3n) is 7.13. The number of methoxy groups -OCH3 is 1. The molecule has 0 radical (unpaired) electrons. The smallest absolute Gasteiger partial charge is 0.186 e. The number of carbonyl (C=O) groups is 1. The molecule has 2 atom stereocenters. The Hall–Kier alpha value is -2.98. The average molecular weight is 510 g/mol. The van der Waals surface area contributed by atoms with Crippen LogP contribution in [0.15, 0.2) is 23.2 Å². The number of aliphatic imine (C=N–C) groups is 1. The van der Waals surface area contributed by atoms with Gasteiger partial charge in [-0.2, -0.15) is 0 Å². The number of fused-ring (bicyclic) bond motifs is 1. The number of hydrogen-bond acceptors (Lipinski definition) is 5. The van der Waals surface area contributed by atoms with Gasteiger partial charge in [0, 0.05) is 37.7 Å². The summed E-state index contributed by atoms with van der Waals surface area (Å²) in [4.78, 5) is 16.9. The van der Waals surface area contributed by atoms with E-state index in [-0.39, 0.29) is 35.6 Å². The van der Waals surface area contributed by atoms with E-state index < -0.39 is 0 Å². The molecule has 2 aliphatic rings. The van der Waals surface area contributed by atoms with E-state index in [1.807, 2.05) is 12.1 Å². The fourth-order valence-electron chi connectivity index (χ4n) is 5.19. The highest BCUT2D eigenvalue weighted by Crippen LogP contribution is 2.40. The largest absolute Gasteiger partial charge is 0.504 e. The van der Waals surface area contributed by atoms with Crippen LogP contribution in [0.4, 0.5) is 0 Å². The van der Waals surface area contributed by atoms with E-state index in [1.54, 1.807) is 13.2 Å². The Morgan fingerprint density at radius 3 is 2.73 bits per heavy atom. The number of carbonyl (C=O) groups excluding carboxylic acids is 1. The van der Waals surface area contributed by atoms with Crippen molar-refractivity contribution in [3.63, 3.8) is 0 Å². The van der Waals surface area contributed by atoms with E-state index in [0.717, 1.165) is 68.1 Å². The lowest BCUT2D eigenvalue weighted by Crippen LogP contribution is -2.26. The SMILES string of the molecule is CCCC=CC(=O)CCc1cc(OC2CCCC2)c(O)c2c1C#CC[C@H](N=C(N)N)CC[C@H](COC)C2. The molecule has 0 heterocycles. The second-order valence-electron chi connectivity index (χ2n) is 10.2. The maximum atomic E-state index is 12.5. The predicted octanol–water partition coefficient (Wildman–Crippen LogP) is 4.55. The molecule has 202 valence electrons. The van der Waals surface area contributed by atoms with Crippen LogP contribution in [0.1, 0.15) is 87.8 Å². The second kappa shape index (κ2) is 14.7. The van der Waals surface area contributed by atoms with Crippen molar-refractivity contribution < 1.29 is 19.4 Å². The summed E-state index contributed by atoms with van der Waals surface area (Å²) >= 11 is 0. The minimum absolute atomic E-state index is 0.0641. The number of nitrogens with zero attached hydrogens (tertiary/aromatic N) is 1. The van der Waals surface area contributed by atoms with Gasteiger partial charge in [-0.1, -0.05) is 31.3 Å². The molecule has 0 aliphatic heterocycles. The molecule has 1 aromatic carbocycles. The van der Waals surface area contributed by atoms with Crippen molar-refractivity contribution in [2.75, 3.05) is 13.7 Å². The van der Waals surface area contributed by atoms with Crippen molar-refractivity contribution in [2.24, 2.45) is 22.4 Å². The number of guanidine groups is 1. The number of hydrogen-bond donors (Lipinski definition) is 3. The van der Waals surface area contributed by atoms with Crippen LogP contribution in [0.5, 0.6) is 11.5 Å².